The van der Waals surface area contributed by atoms with Crippen molar-refractivity contribution in [3.63, 3.8) is 0 Å². The Morgan fingerprint density at radius 2 is 2.00 bits per heavy atom. The Balaban J connectivity index is 1.73. The second-order valence-electron chi connectivity index (χ2n) is 6.25. The largest absolute Gasteiger partial charge is 0.418 e. The number of nitrogens with zero attached hydrogens (tertiary/aromatic N) is 2. The molecule has 0 atom stereocenters. The van der Waals surface area contributed by atoms with Crippen LogP contribution in [-0.2, 0) is 30.4 Å². The van der Waals surface area contributed by atoms with Gasteiger partial charge in [0.15, 0.2) is 0 Å². The van der Waals surface area contributed by atoms with Crippen molar-refractivity contribution in [2.24, 2.45) is 0 Å². The number of carbonyl (C=O) groups is 1. The molecule has 0 aliphatic heterocycles. The molecular formula is C19H15ClF3N3OS. The minimum Gasteiger partial charge on any atom is -0.351 e. The second kappa shape index (κ2) is 8.41. The zero-order valence-electron chi connectivity index (χ0n) is 14.6. The van der Waals surface area contributed by atoms with Gasteiger partial charge in [0.05, 0.1) is 16.9 Å². The summed E-state index contributed by atoms with van der Waals surface area (Å²) < 4.78 is 40.6. The predicted molar refractivity (Wildman–Crippen MR) is 100 cm³/mol. The van der Waals surface area contributed by atoms with Crippen molar-refractivity contribution >= 4 is 29.3 Å². The molecule has 1 aliphatic rings. The highest BCUT2D eigenvalue weighted by Gasteiger charge is 2.40. The van der Waals surface area contributed by atoms with Crippen molar-refractivity contribution in [3.8, 4) is 6.07 Å². The topological polar surface area (TPSA) is 65.8 Å². The van der Waals surface area contributed by atoms with Crippen molar-refractivity contribution in [1.29, 1.82) is 5.26 Å². The van der Waals surface area contributed by atoms with E-state index in [1.165, 1.54) is 0 Å². The molecule has 28 heavy (non-hydrogen) atoms. The number of aryl methyl sites for hydroxylation is 1. The van der Waals surface area contributed by atoms with Gasteiger partial charge in [-0.2, -0.15) is 18.4 Å². The molecule has 1 aliphatic carbocycles. The van der Waals surface area contributed by atoms with Crippen LogP contribution in [0.5, 0.6) is 0 Å². The molecule has 9 heteroatoms. The molecule has 0 fully saturated rings. The number of alkyl halides is 3. The molecule has 4 nitrogen and oxygen atoms in total. The number of nitriles is 1. The molecule has 2 aromatic rings. The van der Waals surface area contributed by atoms with Gasteiger partial charge in [-0.3, -0.25) is 4.79 Å². The van der Waals surface area contributed by atoms with E-state index < -0.39 is 17.3 Å². The highest BCUT2D eigenvalue weighted by molar-refractivity contribution is 8.00. The summed E-state index contributed by atoms with van der Waals surface area (Å²) >= 11 is 6.65. The standard InChI is InChI=1S/C19H15ClF3N3OS/c20-12-6-4-11(5-7-12)9-25-16(27)10-28-18-14(8-24)17(19(21,22)23)13-2-1-3-15(13)26-18/h4-7H,1-3,9-10H2,(H,25,27). The Morgan fingerprint density at radius 1 is 1.29 bits per heavy atom. The zero-order valence-corrected chi connectivity index (χ0v) is 16.1. The minimum atomic E-state index is -4.63. The molecule has 1 aromatic heterocycles. The van der Waals surface area contributed by atoms with Crippen LogP contribution in [-0.4, -0.2) is 16.6 Å². The first-order valence-electron chi connectivity index (χ1n) is 8.46. The van der Waals surface area contributed by atoms with E-state index in [-0.39, 0.29) is 35.2 Å². The zero-order chi connectivity index (χ0) is 20.3. The van der Waals surface area contributed by atoms with Crippen molar-refractivity contribution in [2.45, 2.75) is 37.0 Å². The second-order valence-corrected chi connectivity index (χ2v) is 7.65. The van der Waals surface area contributed by atoms with Gasteiger partial charge in [-0.05, 0) is 42.5 Å². The average Bonchev–Trinajstić information content (AvgIpc) is 3.11. The van der Waals surface area contributed by atoms with Crippen LogP contribution in [0.1, 0.15) is 34.4 Å². The van der Waals surface area contributed by atoms with Crippen LogP contribution in [0.3, 0.4) is 0 Å². The minimum absolute atomic E-state index is 0.0443. The van der Waals surface area contributed by atoms with Crippen LogP contribution in [0.25, 0.3) is 0 Å². The number of nitrogens with one attached hydrogen (secondary N) is 1. The average molecular weight is 426 g/mol. The lowest BCUT2D eigenvalue weighted by Gasteiger charge is -2.16. The van der Waals surface area contributed by atoms with E-state index >= 15 is 0 Å². The van der Waals surface area contributed by atoms with Crippen molar-refractivity contribution in [3.05, 3.63) is 57.2 Å². The van der Waals surface area contributed by atoms with Gasteiger partial charge in [-0.1, -0.05) is 35.5 Å². The quantitative estimate of drug-likeness (QED) is 0.715. The van der Waals surface area contributed by atoms with Crippen LogP contribution < -0.4 is 5.32 Å². The molecular weight excluding hydrogens is 411 g/mol. The van der Waals surface area contributed by atoms with Crippen LogP contribution in [0.4, 0.5) is 13.2 Å². The highest BCUT2D eigenvalue weighted by atomic mass is 35.5. The molecule has 1 amide bonds. The van der Waals surface area contributed by atoms with Gasteiger partial charge < -0.3 is 5.32 Å². The summed E-state index contributed by atoms with van der Waals surface area (Å²) in [4.78, 5) is 16.3. The lowest BCUT2D eigenvalue weighted by atomic mass is 10.0. The molecule has 146 valence electrons. The van der Waals surface area contributed by atoms with Crippen LogP contribution in [0.15, 0.2) is 29.3 Å². The van der Waals surface area contributed by atoms with Crippen LogP contribution in [0.2, 0.25) is 5.02 Å². The number of hydrogen-bond donors (Lipinski definition) is 1. The van der Waals surface area contributed by atoms with Gasteiger partial charge >= 0.3 is 6.18 Å². The monoisotopic (exact) mass is 425 g/mol. The molecule has 0 saturated heterocycles. The van der Waals surface area contributed by atoms with Crippen LogP contribution in [0, 0.1) is 11.3 Å². The molecule has 3 rings (SSSR count). The maximum absolute atomic E-state index is 13.5. The Hall–Kier alpha value is -2.24. The number of halogens is 4. The summed E-state index contributed by atoms with van der Waals surface area (Å²) in [5.41, 5.74) is -0.0725. The first-order valence-corrected chi connectivity index (χ1v) is 9.83. The summed E-state index contributed by atoms with van der Waals surface area (Å²) in [6.45, 7) is 0.271. The van der Waals surface area contributed by atoms with E-state index in [4.69, 9.17) is 11.6 Å². The fourth-order valence-corrected chi connectivity index (χ4v) is 4.03. The highest BCUT2D eigenvalue weighted by Crippen LogP contribution is 2.41. The molecule has 1 heterocycles. The van der Waals surface area contributed by atoms with E-state index in [1.807, 2.05) is 0 Å². The van der Waals surface area contributed by atoms with Crippen molar-refractivity contribution < 1.29 is 18.0 Å². The maximum atomic E-state index is 13.5. The number of aromatic nitrogens is 1. The van der Waals surface area contributed by atoms with E-state index in [0.29, 0.717) is 23.6 Å². The molecule has 0 saturated carbocycles. The van der Waals surface area contributed by atoms with E-state index in [9.17, 15) is 23.2 Å². The van der Waals surface area contributed by atoms with E-state index in [2.05, 4.69) is 10.3 Å². The number of benzene rings is 1. The summed E-state index contributed by atoms with van der Waals surface area (Å²) in [5.74, 6) is -0.495. The third kappa shape index (κ3) is 4.59. The molecule has 0 bridgehead atoms. The van der Waals surface area contributed by atoms with Gasteiger partial charge in [0, 0.05) is 17.3 Å². The van der Waals surface area contributed by atoms with Gasteiger partial charge in [-0.25, -0.2) is 4.98 Å². The first kappa shape index (κ1) is 20.5. The first-order chi connectivity index (χ1) is 13.3. The summed E-state index contributed by atoms with van der Waals surface area (Å²) in [6.07, 6.45) is -3.35. The Morgan fingerprint density at radius 3 is 2.64 bits per heavy atom. The number of fused-ring (bicyclic) bond motifs is 1. The van der Waals surface area contributed by atoms with E-state index in [1.54, 1.807) is 30.3 Å². The molecule has 1 aromatic carbocycles. The molecule has 0 spiro atoms. The van der Waals surface area contributed by atoms with E-state index in [0.717, 1.165) is 17.3 Å². The molecule has 1 N–H and O–H groups in total. The van der Waals surface area contributed by atoms with Gasteiger partial charge in [-0.15, -0.1) is 0 Å². The lowest BCUT2D eigenvalue weighted by molar-refractivity contribution is -0.138. The van der Waals surface area contributed by atoms with Crippen LogP contribution >= 0.6 is 23.4 Å². The lowest BCUT2D eigenvalue weighted by Crippen LogP contribution is -2.24. The number of hydrogen-bond acceptors (Lipinski definition) is 4. The number of rotatable bonds is 5. The number of thioether (sulfide) groups is 1. The Bertz CT molecular complexity index is 939. The smallest absolute Gasteiger partial charge is 0.351 e. The summed E-state index contributed by atoms with van der Waals surface area (Å²) in [5, 5.41) is 12.5. The molecule has 0 unspecified atom stereocenters. The Kier molecular flexibility index (Phi) is 6.16. The van der Waals surface area contributed by atoms with Gasteiger partial charge in [0.25, 0.3) is 0 Å². The fraction of sp³-hybridized carbons (Fsp3) is 0.316. The van der Waals surface area contributed by atoms with Gasteiger partial charge in [0.1, 0.15) is 11.1 Å². The third-order valence-electron chi connectivity index (χ3n) is 4.33. The molecule has 0 radical (unpaired) electrons. The predicted octanol–water partition coefficient (Wildman–Crippen LogP) is 4.52. The van der Waals surface area contributed by atoms with Crippen molar-refractivity contribution in [1.82, 2.24) is 10.3 Å². The SMILES string of the molecule is N#Cc1c(SCC(=O)NCc2ccc(Cl)cc2)nc2c(c1C(F)(F)F)CCC2. The number of carbonyl (C=O) groups excluding carboxylic acids is 1. The third-order valence-corrected chi connectivity index (χ3v) is 5.56. The normalized spacial score (nSPS) is 13.1. The Labute approximate surface area is 169 Å². The summed E-state index contributed by atoms with van der Waals surface area (Å²) in [6, 6.07) is 8.57. The summed E-state index contributed by atoms with van der Waals surface area (Å²) in [7, 11) is 0. The maximum Gasteiger partial charge on any atom is 0.418 e. The number of amides is 1. The number of pyridine rings is 1. The van der Waals surface area contributed by atoms with Crippen molar-refractivity contribution in [2.75, 3.05) is 5.75 Å². The fourth-order valence-electron chi connectivity index (χ4n) is 3.07. The van der Waals surface area contributed by atoms with Gasteiger partial charge in [0.2, 0.25) is 5.91 Å².